The Morgan fingerprint density at radius 1 is 0.710 bits per heavy atom. The second kappa shape index (κ2) is 11.0. The summed E-state index contributed by atoms with van der Waals surface area (Å²) in [6, 6.07) is 17.0. The van der Waals surface area contributed by atoms with Gasteiger partial charge < -0.3 is 9.80 Å². The van der Waals surface area contributed by atoms with Gasteiger partial charge in [-0.25, -0.2) is 0 Å². The Labute approximate surface area is 188 Å². The zero-order valence-electron chi connectivity index (χ0n) is 19.5. The summed E-state index contributed by atoms with van der Waals surface area (Å²) in [6.07, 6.45) is 6.91. The van der Waals surface area contributed by atoms with Crippen molar-refractivity contribution in [1.82, 2.24) is 0 Å². The molecule has 3 rings (SSSR count). The van der Waals surface area contributed by atoms with Gasteiger partial charge in [-0.1, -0.05) is 24.3 Å². The maximum Gasteiger partial charge on any atom is 0.185 e. The van der Waals surface area contributed by atoms with Gasteiger partial charge in [0.25, 0.3) is 0 Å². The molecule has 0 aromatic heterocycles. The highest BCUT2D eigenvalue weighted by Crippen LogP contribution is 2.29. The summed E-state index contributed by atoms with van der Waals surface area (Å²) in [5, 5.41) is 0. The van der Waals surface area contributed by atoms with Crippen molar-refractivity contribution < 1.29 is 4.79 Å². The zero-order chi connectivity index (χ0) is 22.2. The summed E-state index contributed by atoms with van der Waals surface area (Å²) < 4.78 is 0. The Morgan fingerprint density at radius 2 is 1.13 bits per heavy atom. The van der Waals surface area contributed by atoms with Crippen molar-refractivity contribution in [2.24, 2.45) is 0 Å². The fraction of sp³-hybridized carbons (Fsp3) is 0.393. The number of anilines is 2. The summed E-state index contributed by atoms with van der Waals surface area (Å²) >= 11 is 0. The summed E-state index contributed by atoms with van der Waals surface area (Å²) in [6.45, 7) is 12.6. The molecule has 0 spiro atoms. The predicted molar refractivity (Wildman–Crippen MR) is 135 cm³/mol. The second-order valence-electron chi connectivity index (χ2n) is 8.06. The molecular formula is C28H36N2O. The maximum absolute atomic E-state index is 13.2. The molecule has 0 atom stereocenters. The van der Waals surface area contributed by atoms with Crippen LogP contribution in [0.4, 0.5) is 11.4 Å². The number of nitrogens with zero attached hydrogens (tertiary/aromatic N) is 2. The van der Waals surface area contributed by atoms with Crippen LogP contribution in [0, 0.1) is 0 Å². The smallest absolute Gasteiger partial charge is 0.185 e. The van der Waals surface area contributed by atoms with Crippen LogP contribution in [-0.4, -0.2) is 32.0 Å². The number of allylic oxidation sites excluding steroid dienone is 2. The Morgan fingerprint density at radius 3 is 1.52 bits per heavy atom. The van der Waals surface area contributed by atoms with E-state index in [-0.39, 0.29) is 5.78 Å². The lowest BCUT2D eigenvalue weighted by molar-refractivity contribution is -0.112. The second-order valence-corrected chi connectivity index (χ2v) is 8.06. The first-order valence-corrected chi connectivity index (χ1v) is 11.7. The third-order valence-electron chi connectivity index (χ3n) is 6.15. The molecule has 0 heterocycles. The number of carbonyl (C=O) groups excluding carboxylic acids is 1. The van der Waals surface area contributed by atoms with Crippen molar-refractivity contribution in [2.75, 3.05) is 36.0 Å². The van der Waals surface area contributed by atoms with Crippen molar-refractivity contribution in [3.05, 3.63) is 70.8 Å². The topological polar surface area (TPSA) is 23.6 Å². The van der Waals surface area contributed by atoms with E-state index < -0.39 is 0 Å². The number of Topliss-reactive ketones (excluding diaryl/α,β-unsaturated/α-hetero) is 1. The van der Waals surface area contributed by atoms with Crippen molar-refractivity contribution in [1.29, 1.82) is 0 Å². The molecule has 1 fully saturated rings. The fourth-order valence-corrected chi connectivity index (χ4v) is 4.38. The molecule has 0 radical (unpaired) electrons. The lowest BCUT2D eigenvalue weighted by atomic mass is 9.86. The van der Waals surface area contributed by atoms with Gasteiger partial charge in [0.2, 0.25) is 0 Å². The molecule has 1 aliphatic rings. The van der Waals surface area contributed by atoms with Gasteiger partial charge in [-0.15, -0.1) is 0 Å². The first-order valence-electron chi connectivity index (χ1n) is 11.7. The largest absolute Gasteiger partial charge is 0.372 e. The van der Waals surface area contributed by atoms with Gasteiger partial charge in [0, 0.05) is 48.7 Å². The standard InChI is InChI=1S/C28H36N2O/c1-5-29(6-2)26-16-9-12-22(20-26)18-24-14-11-15-25(28(24)31)19-23-13-10-17-27(21-23)30(7-3)8-4/h9-10,12-13,16-21H,5-8,11,14-15H2,1-4H3. The molecule has 0 unspecified atom stereocenters. The molecular weight excluding hydrogens is 380 g/mol. The van der Waals surface area contributed by atoms with E-state index in [2.05, 4.69) is 98.2 Å². The van der Waals surface area contributed by atoms with Crippen LogP contribution in [-0.2, 0) is 4.79 Å². The molecule has 1 saturated carbocycles. The van der Waals surface area contributed by atoms with Gasteiger partial charge in [-0.2, -0.15) is 0 Å². The number of carbonyl (C=O) groups is 1. The van der Waals surface area contributed by atoms with Crippen LogP contribution in [0.15, 0.2) is 59.7 Å². The Bertz CT molecular complexity index is 873. The highest BCUT2D eigenvalue weighted by Gasteiger charge is 2.20. The molecule has 31 heavy (non-hydrogen) atoms. The van der Waals surface area contributed by atoms with Gasteiger partial charge in [0.05, 0.1) is 0 Å². The lowest BCUT2D eigenvalue weighted by Gasteiger charge is -2.22. The first-order chi connectivity index (χ1) is 15.1. The third kappa shape index (κ3) is 5.66. The number of ketones is 1. The molecule has 1 aliphatic carbocycles. The third-order valence-corrected chi connectivity index (χ3v) is 6.15. The van der Waals surface area contributed by atoms with Crippen LogP contribution in [0.3, 0.4) is 0 Å². The van der Waals surface area contributed by atoms with Crippen molar-refractivity contribution in [3.8, 4) is 0 Å². The van der Waals surface area contributed by atoms with E-state index >= 15 is 0 Å². The number of hydrogen-bond acceptors (Lipinski definition) is 3. The Kier molecular flexibility index (Phi) is 8.11. The van der Waals surface area contributed by atoms with Crippen LogP contribution in [0.2, 0.25) is 0 Å². The van der Waals surface area contributed by atoms with Crippen LogP contribution in [0.25, 0.3) is 12.2 Å². The minimum absolute atomic E-state index is 0.202. The van der Waals surface area contributed by atoms with Gasteiger partial charge >= 0.3 is 0 Å². The predicted octanol–water partition coefficient (Wildman–Crippen LogP) is 6.60. The van der Waals surface area contributed by atoms with Crippen LogP contribution >= 0.6 is 0 Å². The van der Waals surface area contributed by atoms with Crippen LogP contribution in [0.5, 0.6) is 0 Å². The maximum atomic E-state index is 13.2. The lowest BCUT2D eigenvalue weighted by Crippen LogP contribution is -2.21. The van der Waals surface area contributed by atoms with Gasteiger partial charge in [0.1, 0.15) is 0 Å². The number of hydrogen-bond donors (Lipinski definition) is 0. The SMILES string of the molecule is CCN(CC)c1cccc(C=C2CCCC(=Cc3cccc(N(CC)CC)c3)C2=O)c1. The minimum Gasteiger partial charge on any atom is -0.372 e. The van der Waals surface area contributed by atoms with Gasteiger partial charge in [-0.05, 0) is 94.5 Å². The van der Waals surface area contributed by atoms with E-state index in [1.54, 1.807) is 0 Å². The average Bonchev–Trinajstić information content (AvgIpc) is 2.79. The summed E-state index contributed by atoms with van der Waals surface area (Å²) in [5.74, 6) is 0.202. The van der Waals surface area contributed by atoms with Crippen LogP contribution in [0.1, 0.15) is 58.1 Å². The summed E-state index contributed by atoms with van der Waals surface area (Å²) in [7, 11) is 0. The molecule has 3 nitrogen and oxygen atoms in total. The molecule has 0 aliphatic heterocycles. The summed E-state index contributed by atoms with van der Waals surface area (Å²) in [5.41, 5.74) is 6.50. The molecule has 0 saturated heterocycles. The molecule has 2 aromatic carbocycles. The highest BCUT2D eigenvalue weighted by molar-refractivity contribution is 6.14. The Balaban J connectivity index is 1.85. The van der Waals surface area contributed by atoms with E-state index in [4.69, 9.17) is 0 Å². The number of rotatable bonds is 8. The molecule has 164 valence electrons. The molecule has 0 amide bonds. The van der Waals surface area contributed by atoms with E-state index in [1.165, 1.54) is 11.4 Å². The van der Waals surface area contributed by atoms with E-state index in [0.29, 0.717) is 0 Å². The summed E-state index contributed by atoms with van der Waals surface area (Å²) in [4.78, 5) is 17.9. The average molecular weight is 417 g/mol. The fourth-order valence-electron chi connectivity index (χ4n) is 4.38. The molecule has 0 bridgehead atoms. The van der Waals surface area contributed by atoms with Crippen molar-refractivity contribution in [3.63, 3.8) is 0 Å². The molecule has 3 heteroatoms. The normalized spacial score (nSPS) is 16.7. The van der Waals surface area contributed by atoms with E-state index in [0.717, 1.165) is 67.7 Å². The molecule has 2 aromatic rings. The monoisotopic (exact) mass is 416 g/mol. The van der Waals surface area contributed by atoms with Gasteiger partial charge in [0.15, 0.2) is 5.78 Å². The zero-order valence-corrected chi connectivity index (χ0v) is 19.5. The first kappa shape index (κ1) is 22.9. The minimum atomic E-state index is 0.202. The van der Waals surface area contributed by atoms with E-state index in [9.17, 15) is 4.79 Å². The molecule has 0 N–H and O–H groups in total. The quantitative estimate of drug-likeness (QED) is 0.453. The number of benzene rings is 2. The highest BCUT2D eigenvalue weighted by atomic mass is 16.1. The van der Waals surface area contributed by atoms with E-state index in [1.807, 2.05) is 0 Å². The van der Waals surface area contributed by atoms with Crippen LogP contribution < -0.4 is 9.80 Å². The van der Waals surface area contributed by atoms with Gasteiger partial charge in [-0.3, -0.25) is 4.79 Å². The van der Waals surface area contributed by atoms with Crippen molar-refractivity contribution in [2.45, 2.75) is 47.0 Å². The van der Waals surface area contributed by atoms with Crippen molar-refractivity contribution >= 4 is 29.3 Å². The Hall–Kier alpha value is -2.81.